The van der Waals surface area contributed by atoms with Crippen LogP contribution in [-0.4, -0.2) is 10.7 Å². The lowest BCUT2D eigenvalue weighted by Gasteiger charge is -1.99. The van der Waals surface area contributed by atoms with Crippen LogP contribution in [0, 0.1) is 11.3 Å². The Morgan fingerprint density at radius 2 is 1.47 bits per heavy atom. The standard InChI is InChI=1S/C23H16N6S/c24-16-20(28-26-18-12-6-2-7-13-18)22-25-21(17-10-4-1-5-11-17)23(30-22)29-27-19-14-8-3-9-15-19/h1-15,26H/b28-20+,29-27?. The van der Waals surface area contributed by atoms with Gasteiger partial charge in [-0.2, -0.15) is 10.4 Å². The molecule has 0 atom stereocenters. The van der Waals surface area contributed by atoms with Gasteiger partial charge in [0.05, 0.1) is 11.4 Å². The molecule has 0 radical (unpaired) electrons. The number of benzene rings is 3. The Kier molecular flexibility index (Phi) is 5.99. The van der Waals surface area contributed by atoms with E-state index < -0.39 is 0 Å². The van der Waals surface area contributed by atoms with Crippen LogP contribution in [0.1, 0.15) is 5.01 Å². The minimum atomic E-state index is 0.183. The quantitative estimate of drug-likeness (QED) is 0.222. The summed E-state index contributed by atoms with van der Waals surface area (Å²) in [5, 5.41) is 23.7. The normalized spacial score (nSPS) is 11.4. The molecule has 0 aliphatic rings. The second kappa shape index (κ2) is 9.37. The van der Waals surface area contributed by atoms with Crippen LogP contribution in [0.4, 0.5) is 16.4 Å². The minimum Gasteiger partial charge on any atom is -0.277 e. The number of aromatic nitrogens is 1. The molecule has 1 N–H and O–H groups in total. The van der Waals surface area contributed by atoms with E-state index in [0.717, 1.165) is 16.9 Å². The predicted octanol–water partition coefficient (Wildman–Crippen LogP) is 6.57. The SMILES string of the molecule is N#C/C(=N\Nc1ccccc1)c1nc(-c2ccccc2)c(N=Nc2ccccc2)s1. The monoisotopic (exact) mass is 408 g/mol. The van der Waals surface area contributed by atoms with Crippen molar-refractivity contribution < 1.29 is 0 Å². The van der Waals surface area contributed by atoms with Crippen molar-refractivity contribution in [3.63, 3.8) is 0 Å². The molecule has 4 rings (SSSR count). The first kappa shape index (κ1) is 19.2. The molecule has 30 heavy (non-hydrogen) atoms. The van der Waals surface area contributed by atoms with E-state index in [2.05, 4.69) is 31.8 Å². The van der Waals surface area contributed by atoms with Gasteiger partial charge in [0, 0.05) is 5.56 Å². The maximum atomic E-state index is 9.63. The van der Waals surface area contributed by atoms with Gasteiger partial charge in [-0.3, -0.25) is 5.43 Å². The molecule has 0 unspecified atom stereocenters. The first-order valence-corrected chi connectivity index (χ1v) is 9.97. The molecule has 1 heterocycles. The van der Waals surface area contributed by atoms with Crippen LogP contribution in [0.3, 0.4) is 0 Å². The number of nitrogens with zero attached hydrogens (tertiary/aromatic N) is 5. The Hall–Kier alpha value is -4.15. The molecule has 0 aliphatic heterocycles. The van der Waals surface area contributed by atoms with Crippen molar-refractivity contribution in [2.45, 2.75) is 0 Å². The molecule has 0 bridgehead atoms. The van der Waals surface area contributed by atoms with Crippen molar-refractivity contribution in [3.05, 3.63) is 96.0 Å². The highest BCUT2D eigenvalue weighted by molar-refractivity contribution is 7.18. The lowest BCUT2D eigenvalue weighted by Crippen LogP contribution is -2.01. The van der Waals surface area contributed by atoms with Crippen molar-refractivity contribution in [1.82, 2.24) is 4.98 Å². The molecule has 4 aromatic rings. The van der Waals surface area contributed by atoms with Gasteiger partial charge in [0.1, 0.15) is 11.8 Å². The van der Waals surface area contributed by atoms with Crippen LogP contribution in [0.5, 0.6) is 0 Å². The molecule has 3 aromatic carbocycles. The highest BCUT2D eigenvalue weighted by Crippen LogP contribution is 2.37. The van der Waals surface area contributed by atoms with Crippen LogP contribution in [0.2, 0.25) is 0 Å². The summed E-state index contributed by atoms with van der Waals surface area (Å²) in [5.74, 6) is 0. The van der Waals surface area contributed by atoms with Gasteiger partial charge in [-0.1, -0.05) is 78.1 Å². The average Bonchev–Trinajstić information content (AvgIpc) is 3.24. The zero-order valence-corrected chi connectivity index (χ0v) is 16.6. The molecule has 7 heteroatoms. The fraction of sp³-hybridized carbons (Fsp3) is 0. The zero-order chi connectivity index (χ0) is 20.6. The van der Waals surface area contributed by atoms with Crippen molar-refractivity contribution in [1.29, 1.82) is 5.26 Å². The summed E-state index contributed by atoms with van der Waals surface area (Å²) in [4.78, 5) is 4.65. The number of nitriles is 1. The van der Waals surface area contributed by atoms with Crippen molar-refractivity contribution in [2.75, 3.05) is 5.43 Å². The molecule has 0 aliphatic carbocycles. The van der Waals surface area contributed by atoms with Crippen molar-refractivity contribution >= 4 is 33.4 Å². The maximum Gasteiger partial charge on any atom is 0.196 e. The summed E-state index contributed by atoms with van der Waals surface area (Å²) in [6.45, 7) is 0. The van der Waals surface area contributed by atoms with E-state index in [1.54, 1.807) is 0 Å². The van der Waals surface area contributed by atoms with E-state index in [0.29, 0.717) is 15.7 Å². The Balaban J connectivity index is 1.71. The van der Waals surface area contributed by atoms with Gasteiger partial charge in [0.2, 0.25) is 0 Å². The number of azo groups is 1. The van der Waals surface area contributed by atoms with Gasteiger partial charge >= 0.3 is 0 Å². The number of thiazole rings is 1. The van der Waals surface area contributed by atoms with E-state index in [1.165, 1.54) is 11.3 Å². The largest absolute Gasteiger partial charge is 0.277 e. The molecule has 6 nitrogen and oxygen atoms in total. The summed E-state index contributed by atoms with van der Waals surface area (Å²) in [5.41, 5.74) is 6.17. The van der Waals surface area contributed by atoms with Crippen molar-refractivity contribution in [3.8, 4) is 17.3 Å². The number of hydrogen-bond donors (Lipinski definition) is 1. The number of hydrazone groups is 1. The molecule has 0 spiro atoms. The van der Waals surface area contributed by atoms with Crippen molar-refractivity contribution in [2.24, 2.45) is 15.3 Å². The Labute approximate surface area is 177 Å². The number of anilines is 1. The van der Waals surface area contributed by atoms with E-state index in [9.17, 15) is 5.26 Å². The van der Waals surface area contributed by atoms with Gasteiger partial charge in [0.15, 0.2) is 15.7 Å². The van der Waals surface area contributed by atoms with Crippen LogP contribution in [0.15, 0.2) is 106 Å². The lowest BCUT2D eigenvalue weighted by atomic mass is 10.2. The molecule has 0 amide bonds. The van der Waals surface area contributed by atoms with Gasteiger partial charge < -0.3 is 0 Å². The van der Waals surface area contributed by atoms with E-state index in [1.807, 2.05) is 91.0 Å². The molecule has 1 aromatic heterocycles. The molecular formula is C23H16N6S. The number of nitrogens with one attached hydrogen (secondary N) is 1. The van der Waals surface area contributed by atoms with E-state index >= 15 is 0 Å². The van der Waals surface area contributed by atoms with Crippen LogP contribution >= 0.6 is 11.3 Å². The molecule has 0 saturated heterocycles. The third-order valence-electron chi connectivity index (χ3n) is 4.05. The summed E-state index contributed by atoms with van der Waals surface area (Å²) in [6.07, 6.45) is 0. The smallest absolute Gasteiger partial charge is 0.196 e. The topological polar surface area (TPSA) is 85.8 Å². The second-order valence-corrected chi connectivity index (χ2v) is 7.10. The fourth-order valence-electron chi connectivity index (χ4n) is 2.62. The van der Waals surface area contributed by atoms with Gasteiger partial charge in [-0.15, -0.1) is 10.2 Å². The highest BCUT2D eigenvalue weighted by Gasteiger charge is 2.17. The molecule has 0 saturated carbocycles. The summed E-state index contributed by atoms with van der Waals surface area (Å²) in [7, 11) is 0. The van der Waals surface area contributed by atoms with Gasteiger partial charge in [0.25, 0.3) is 0 Å². The number of rotatable bonds is 6. The summed E-state index contributed by atoms with van der Waals surface area (Å²) >= 11 is 1.28. The summed E-state index contributed by atoms with van der Waals surface area (Å²) in [6, 6.07) is 30.7. The van der Waals surface area contributed by atoms with Crippen LogP contribution < -0.4 is 5.43 Å². The molecule has 144 valence electrons. The van der Waals surface area contributed by atoms with E-state index in [4.69, 9.17) is 0 Å². The molecule has 0 fully saturated rings. The first-order chi connectivity index (χ1) is 14.8. The predicted molar refractivity (Wildman–Crippen MR) is 120 cm³/mol. The van der Waals surface area contributed by atoms with Crippen LogP contribution in [0.25, 0.3) is 11.3 Å². The first-order valence-electron chi connectivity index (χ1n) is 9.16. The minimum absolute atomic E-state index is 0.183. The van der Waals surface area contributed by atoms with Gasteiger partial charge in [-0.25, -0.2) is 4.98 Å². The van der Waals surface area contributed by atoms with Gasteiger partial charge in [-0.05, 0) is 24.3 Å². The molecular weight excluding hydrogens is 392 g/mol. The summed E-state index contributed by atoms with van der Waals surface area (Å²) < 4.78 is 0. The Bertz CT molecular complexity index is 1210. The Morgan fingerprint density at radius 3 is 2.13 bits per heavy atom. The fourth-order valence-corrected chi connectivity index (χ4v) is 3.47. The maximum absolute atomic E-state index is 9.63. The van der Waals surface area contributed by atoms with E-state index in [-0.39, 0.29) is 5.71 Å². The highest BCUT2D eigenvalue weighted by atomic mass is 32.1. The van der Waals surface area contributed by atoms with Crippen LogP contribution in [-0.2, 0) is 0 Å². The third-order valence-corrected chi connectivity index (χ3v) is 4.99. The second-order valence-electron chi connectivity index (χ2n) is 6.12. The number of para-hydroxylation sites is 1. The lowest BCUT2D eigenvalue weighted by molar-refractivity contribution is 1.24. The average molecular weight is 408 g/mol. The Morgan fingerprint density at radius 1 is 0.833 bits per heavy atom. The number of hydrogen-bond acceptors (Lipinski definition) is 7. The zero-order valence-electron chi connectivity index (χ0n) is 15.8. The third kappa shape index (κ3) is 4.63.